The number of nitrogens with one attached hydrogen (secondary N) is 1. The zero-order valence-electron chi connectivity index (χ0n) is 11.3. The highest BCUT2D eigenvalue weighted by Gasteiger charge is 2.34. The number of likely N-dealkylation sites (N-methyl/N-ethyl adjacent to an activating group) is 1. The molecule has 6 nitrogen and oxygen atoms in total. The van der Waals surface area contributed by atoms with Gasteiger partial charge < -0.3 is 11.1 Å². The zero-order chi connectivity index (χ0) is 14.0. The lowest BCUT2D eigenvalue weighted by Crippen LogP contribution is -2.47. The molecule has 0 aromatic heterocycles. The van der Waals surface area contributed by atoms with E-state index in [0.717, 1.165) is 0 Å². The second-order valence-electron chi connectivity index (χ2n) is 5.72. The van der Waals surface area contributed by atoms with Gasteiger partial charge in [-0.2, -0.15) is 0 Å². The molecule has 2 unspecified atom stereocenters. The van der Waals surface area contributed by atoms with E-state index in [1.165, 1.54) is 12.8 Å². The van der Waals surface area contributed by atoms with Crippen LogP contribution in [-0.2, 0) is 14.6 Å². The Morgan fingerprint density at radius 3 is 2.58 bits per heavy atom. The van der Waals surface area contributed by atoms with Crippen LogP contribution in [0.4, 0.5) is 0 Å². The second-order valence-corrected chi connectivity index (χ2v) is 7.95. The van der Waals surface area contributed by atoms with Crippen molar-refractivity contribution >= 4 is 15.7 Å². The van der Waals surface area contributed by atoms with Crippen molar-refractivity contribution in [3.8, 4) is 0 Å². The zero-order valence-corrected chi connectivity index (χ0v) is 12.2. The predicted octanol–water partition coefficient (Wildman–Crippen LogP) is -1.04. The maximum Gasteiger partial charge on any atom is 0.234 e. The summed E-state index contributed by atoms with van der Waals surface area (Å²) in [6.07, 6.45) is 2.91. The average Bonchev–Trinajstić information content (AvgIpc) is 3.05. The lowest BCUT2D eigenvalue weighted by molar-refractivity contribution is -0.123. The van der Waals surface area contributed by atoms with Gasteiger partial charge in [-0.15, -0.1) is 0 Å². The molecule has 0 radical (unpaired) electrons. The summed E-state index contributed by atoms with van der Waals surface area (Å²) in [5.74, 6) is 0.769. The minimum absolute atomic E-state index is 0.0748. The number of sulfone groups is 1. The van der Waals surface area contributed by atoms with E-state index in [2.05, 4.69) is 5.32 Å². The van der Waals surface area contributed by atoms with Crippen LogP contribution in [-0.4, -0.2) is 63.0 Å². The summed E-state index contributed by atoms with van der Waals surface area (Å²) in [6.45, 7) is 0.848. The molecule has 2 aliphatic rings. The first-order chi connectivity index (χ1) is 8.91. The molecule has 2 fully saturated rings. The molecule has 0 spiro atoms. The van der Waals surface area contributed by atoms with Crippen molar-refractivity contribution in [2.75, 3.05) is 31.6 Å². The number of carbonyl (C=O) groups excluding carboxylic acids is 1. The van der Waals surface area contributed by atoms with Crippen LogP contribution in [0.1, 0.15) is 19.3 Å². The first-order valence-corrected chi connectivity index (χ1v) is 8.63. The topological polar surface area (TPSA) is 92.5 Å². The summed E-state index contributed by atoms with van der Waals surface area (Å²) in [5, 5.41) is 2.80. The van der Waals surface area contributed by atoms with Gasteiger partial charge in [0, 0.05) is 18.6 Å². The second kappa shape index (κ2) is 5.76. The monoisotopic (exact) mass is 289 g/mol. The van der Waals surface area contributed by atoms with E-state index in [1.54, 1.807) is 0 Å². The third-order valence-electron chi connectivity index (χ3n) is 3.96. The molecular weight excluding hydrogens is 266 g/mol. The quantitative estimate of drug-likeness (QED) is 0.651. The van der Waals surface area contributed by atoms with Gasteiger partial charge in [-0.05, 0) is 32.2 Å². The molecule has 1 saturated heterocycles. The predicted molar refractivity (Wildman–Crippen MR) is 73.4 cm³/mol. The summed E-state index contributed by atoms with van der Waals surface area (Å²) in [6, 6.07) is 0.0428. The Bertz CT molecular complexity index is 434. The first-order valence-electron chi connectivity index (χ1n) is 6.81. The Labute approximate surface area is 114 Å². The molecule has 1 amide bonds. The molecule has 2 atom stereocenters. The molecule has 7 heteroatoms. The van der Waals surface area contributed by atoms with E-state index in [4.69, 9.17) is 5.73 Å². The van der Waals surface area contributed by atoms with Crippen LogP contribution in [0.25, 0.3) is 0 Å². The number of rotatable bonds is 6. The van der Waals surface area contributed by atoms with E-state index in [-0.39, 0.29) is 36.0 Å². The summed E-state index contributed by atoms with van der Waals surface area (Å²) in [5.41, 5.74) is 5.74. The summed E-state index contributed by atoms with van der Waals surface area (Å²) in [7, 11) is -1.04. The third kappa shape index (κ3) is 4.15. The van der Waals surface area contributed by atoms with Gasteiger partial charge in [-0.3, -0.25) is 9.69 Å². The van der Waals surface area contributed by atoms with Gasteiger partial charge in [0.25, 0.3) is 0 Å². The van der Waals surface area contributed by atoms with Crippen molar-refractivity contribution in [2.45, 2.75) is 31.3 Å². The van der Waals surface area contributed by atoms with Gasteiger partial charge in [-0.1, -0.05) is 0 Å². The van der Waals surface area contributed by atoms with Gasteiger partial charge >= 0.3 is 0 Å². The Morgan fingerprint density at radius 2 is 2.11 bits per heavy atom. The lowest BCUT2D eigenvalue weighted by Gasteiger charge is -2.26. The van der Waals surface area contributed by atoms with E-state index in [0.29, 0.717) is 18.9 Å². The third-order valence-corrected chi connectivity index (χ3v) is 5.73. The van der Waals surface area contributed by atoms with E-state index in [1.807, 2.05) is 11.9 Å². The van der Waals surface area contributed by atoms with Crippen LogP contribution in [0.5, 0.6) is 0 Å². The number of carbonyl (C=O) groups is 1. The van der Waals surface area contributed by atoms with Crippen LogP contribution in [0, 0.1) is 5.92 Å². The van der Waals surface area contributed by atoms with Gasteiger partial charge in [-0.25, -0.2) is 8.42 Å². The minimum atomic E-state index is -2.94. The number of nitrogens with two attached hydrogens (primary N) is 1. The van der Waals surface area contributed by atoms with Crippen LogP contribution in [0.3, 0.4) is 0 Å². The highest BCUT2D eigenvalue weighted by Crippen LogP contribution is 2.34. The van der Waals surface area contributed by atoms with E-state index >= 15 is 0 Å². The van der Waals surface area contributed by atoms with Crippen molar-refractivity contribution < 1.29 is 13.2 Å². The lowest BCUT2D eigenvalue weighted by atomic mass is 10.1. The van der Waals surface area contributed by atoms with Crippen molar-refractivity contribution in [3.63, 3.8) is 0 Å². The number of nitrogens with zero attached hydrogens (tertiary/aromatic N) is 1. The molecule has 0 bridgehead atoms. The first kappa shape index (κ1) is 14.7. The Balaban J connectivity index is 1.77. The van der Waals surface area contributed by atoms with Crippen LogP contribution in [0.2, 0.25) is 0 Å². The molecule has 1 heterocycles. The fourth-order valence-corrected chi connectivity index (χ4v) is 4.41. The molecule has 0 aromatic rings. The highest BCUT2D eigenvalue weighted by molar-refractivity contribution is 7.91. The molecule has 110 valence electrons. The van der Waals surface area contributed by atoms with Crippen molar-refractivity contribution in [1.82, 2.24) is 10.2 Å². The van der Waals surface area contributed by atoms with Gasteiger partial charge in [0.15, 0.2) is 9.84 Å². The van der Waals surface area contributed by atoms with Crippen LogP contribution in [0.15, 0.2) is 0 Å². The molecule has 2 rings (SSSR count). The van der Waals surface area contributed by atoms with Crippen molar-refractivity contribution in [3.05, 3.63) is 0 Å². The average molecular weight is 289 g/mol. The SMILES string of the molecule is CN(CC(=O)NC1CCS(=O)(=O)C1)C(CN)C1CC1. The van der Waals surface area contributed by atoms with Gasteiger partial charge in [0.2, 0.25) is 5.91 Å². The molecule has 0 aromatic carbocycles. The van der Waals surface area contributed by atoms with Gasteiger partial charge in [0.1, 0.15) is 0 Å². The van der Waals surface area contributed by atoms with Crippen molar-refractivity contribution in [2.24, 2.45) is 11.7 Å². The van der Waals surface area contributed by atoms with Gasteiger partial charge in [0.05, 0.1) is 18.1 Å². The van der Waals surface area contributed by atoms with Crippen molar-refractivity contribution in [1.29, 1.82) is 0 Å². The smallest absolute Gasteiger partial charge is 0.234 e. The largest absolute Gasteiger partial charge is 0.351 e. The minimum Gasteiger partial charge on any atom is -0.351 e. The molecule has 1 aliphatic heterocycles. The maximum absolute atomic E-state index is 11.9. The standard InChI is InChI=1S/C12H23N3O3S/c1-15(11(6-13)9-2-3-9)7-12(16)14-10-4-5-19(17,18)8-10/h9-11H,2-8,13H2,1H3,(H,14,16). The maximum atomic E-state index is 11.9. The Kier molecular flexibility index (Phi) is 4.47. The number of amides is 1. The normalized spacial score (nSPS) is 27.4. The fraction of sp³-hybridized carbons (Fsp3) is 0.917. The molecule has 1 saturated carbocycles. The summed E-state index contributed by atoms with van der Waals surface area (Å²) >= 11 is 0. The number of hydrogen-bond acceptors (Lipinski definition) is 5. The molecular formula is C12H23N3O3S. The molecule has 3 N–H and O–H groups in total. The summed E-state index contributed by atoms with van der Waals surface area (Å²) in [4.78, 5) is 13.9. The highest BCUT2D eigenvalue weighted by atomic mass is 32.2. The van der Waals surface area contributed by atoms with Crippen LogP contribution >= 0.6 is 0 Å². The summed E-state index contributed by atoms with van der Waals surface area (Å²) < 4.78 is 22.6. The van der Waals surface area contributed by atoms with Crippen LogP contribution < -0.4 is 11.1 Å². The number of hydrogen-bond donors (Lipinski definition) is 2. The van der Waals surface area contributed by atoms with E-state index in [9.17, 15) is 13.2 Å². The van der Waals surface area contributed by atoms with E-state index < -0.39 is 9.84 Å². The Morgan fingerprint density at radius 1 is 1.42 bits per heavy atom. The molecule has 19 heavy (non-hydrogen) atoms. The fourth-order valence-electron chi connectivity index (χ4n) is 2.74. The Hall–Kier alpha value is -0.660. The molecule has 1 aliphatic carbocycles.